The minimum atomic E-state index is -1.05. The molecule has 11 heavy (non-hydrogen) atoms. The molecule has 0 aromatic heterocycles. The average Bonchev–Trinajstić information content (AvgIpc) is 1.83. The van der Waals surface area contributed by atoms with Gasteiger partial charge in [-0.05, 0) is 19.3 Å². The summed E-state index contributed by atoms with van der Waals surface area (Å²) in [5.74, 6) is 0. The molecule has 0 spiro atoms. The van der Waals surface area contributed by atoms with E-state index in [1.54, 1.807) is 13.8 Å². The highest BCUT2D eigenvalue weighted by atomic mass is 16.4. The van der Waals surface area contributed by atoms with Gasteiger partial charge in [0.25, 0.3) is 0 Å². The van der Waals surface area contributed by atoms with Gasteiger partial charge in [-0.25, -0.2) is 0 Å². The fourth-order valence-electron chi connectivity index (χ4n) is 0.640. The third-order valence-electron chi connectivity index (χ3n) is 2.31. The van der Waals surface area contributed by atoms with Crippen LogP contribution in [0.2, 0.25) is 0 Å². The lowest BCUT2D eigenvalue weighted by Crippen LogP contribution is -2.46. The van der Waals surface area contributed by atoms with Crippen LogP contribution in [0.4, 0.5) is 0 Å². The van der Waals surface area contributed by atoms with Crippen molar-refractivity contribution in [3.63, 3.8) is 0 Å². The molecule has 0 aliphatic rings. The molecule has 0 aromatic carbocycles. The number of nitrogens with zero attached hydrogens (tertiary/aromatic N) is 1. The van der Waals surface area contributed by atoms with Gasteiger partial charge in [0.15, 0.2) is 0 Å². The number of oxime groups is 1. The molecule has 0 aromatic rings. The Balaban J connectivity index is 4.74. The molecule has 0 unspecified atom stereocenters. The Hall–Kier alpha value is -0.570. The molecule has 3 nitrogen and oxygen atoms in total. The first-order valence-electron chi connectivity index (χ1n) is 3.65. The number of hydrogen-bond acceptors (Lipinski definition) is 3. The minimum absolute atomic E-state index is 0.316. The van der Waals surface area contributed by atoms with Crippen molar-refractivity contribution in [2.45, 2.75) is 40.2 Å². The molecule has 0 saturated carbocycles. The highest BCUT2D eigenvalue weighted by Gasteiger charge is 2.38. The van der Waals surface area contributed by atoms with E-state index in [9.17, 15) is 5.11 Å². The molecule has 66 valence electrons. The zero-order valence-corrected chi connectivity index (χ0v) is 7.84. The zero-order chi connectivity index (χ0) is 9.28. The maximum atomic E-state index is 9.83. The molecule has 0 heterocycles. The molecule has 0 aliphatic heterocycles. The van der Waals surface area contributed by atoms with Crippen molar-refractivity contribution < 1.29 is 10.3 Å². The van der Waals surface area contributed by atoms with Crippen LogP contribution in [0.15, 0.2) is 5.16 Å². The first-order chi connectivity index (χ1) is 4.73. The van der Waals surface area contributed by atoms with Gasteiger partial charge in [-0.3, -0.25) is 0 Å². The lowest BCUT2D eigenvalue weighted by atomic mass is 9.75. The molecule has 1 atom stereocenters. The molecule has 0 amide bonds. The van der Waals surface area contributed by atoms with E-state index in [2.05, 4.69) is 5.16 Å². The molecule has 0 fully saturated rings. The summed E-state index contributed by atoms with van der Waals surface area (Å²) in [5.41, 5.74) is -1.03. The van der Waals surface area contributed by atoms with Crippen LogP contribution in [0.1, 0.15) is 34.6 Å². The third-order valence-corrected chi connectivity index (χ3v) is 2.31. The van der Waals surface area contributed by atoms with Gasteiger partial charge < -0.3 is 10.3 Å². The normalized spacial score (nSPS) is 19.6. The van der Waals surface area contributed by atoms with E-state index in [0.717, 1.165) is 0 Å². The summed E-state index contributed by atoms with van der Waals surface area (Å²) >= 11 is 0. The molecule has 0 radical (unpaired) electrons. The fraction of sp³-hybridized carbons (Fsp3) is 0.875. The Morgan fingerprint density at radius 1 is 1.18 bits per heavy atom. The van der Waals surface area contributed by atoms with Crippen LogP contribution < -0.4 is 0 Å². The van der Waals surface area contributed by atoms with Crippen LogP contribution in [0.3, 0.4) is 0 Å². The highest BCUT2D eigenvalue weighted by molar-refractivity contribution is 5.90. The van der Waals surface area contributed by atoms with Crippen molar-refractivity contribution in [1.82, 2.24) is 0 Å². The second kappa shape index (κ2) is 2.81. The van der Waals surface area contributed by atoms with Crippen molar-refractivity contribution in [2.24, 2.45) is 10.6 Å². The molecule has 0 saturated heterocycles. The summed E-state index contributed by atoms with van der Waals surface area (Å²) < 4.78 is 0. The smallest absolute Gasteiger partial charge is 0.108 e. The standard InChI is InChI=1S/C8H17NO2/c1-6(9-11)8(5,10)7(2,3)4/h10-11H,1-5H3/b9-6-/t8-/m1/s1. The Morgan fingerprint density at radius 3 is 1.64 bits per heavy atom. The van der Waals surface area contributed by atoms with Crippen molar-refractivity contribution in [1.29, 1.82) is 0 Å². The first kappa shape index (κ1) is 10.4. The van der Waals surface area contributed by atoms with E-state index >= 15 is 0 Å². The van der Waals surface area contributed by atoms with Crippen molar-refractivity contribution in [3.05, 3.63) is 0 Å². The van der Waals surface area contributed by atoms with E-state index < -0.39 is 5.60 Å². The SMILES string of the molecule is C/C(=N/O)[C@@](C)(O)C(C)(C)C. The highest BCUT2D eigenvalue weighted by Crippen LogP contribution is 2.30. The van der Waals surface area contributed by atoms with Crippen molar-refractivity contribution in [2.75, 3.05) is 0 Å². The summed E-state index contributed by atoms with van der Waals surface area (Å²) in [4.78, 5) is 0. The minimum Gasteiger partial charge on any atom is -0.411 e. The Morgan fingerprint density at radius 2 is 1.55 bits per heavy atom. The van der Waals surface area contributed by atoms with Crippen LogP contribution in [0.25, 0.3) is 0 Å². The molecule has 0 aliphatic carbocycles. The number of rotatable bonds is 1. The molecule has 2 N–H and O–H groups in total. The summed E-state index contributed by atoms with van der Waals surface area (Å²) in [7, 11) is 0. The van der Waals surface area contributed by atoms with Gasteiger partial charge in [-0.1, -0.05) is 25.9 Å². The first-order valence-corrected chi connectivity index (χ1v) is 3.65. The lowest BCUT2D eigenvalue weighted by Gasteiger charge is -2.36. The van der Waals surface area contributed by atoms with E-state index in [-0.39, 0.29) is 5.41 Å². The second-order valence-corrected chi connectivity index (χ2v) is 4.01. The quantitative estimate of drug-likeness (QED) is 0.347. The largest absolute Gasteiger partial charge is 0.411 e. The van der Waals surface area contributed by atoms with Gasteiger partial charge in [-0.2, -0.15) is 0 Å². The average molecular weight is 159 g/mol. The summed E-state index contributed by atoms with van der Waals surface area (Å²) in [5, 5.41) is 21.3. The molecule has 0 rings (SSSR count). The Kier molecular flexibility index (Phi) is 2.67. The predicted octanol–water partition coefficient (Wildman–Crippen LogP) is 1.63. The Bertz CT molecular complexity index is 165. The van der Waals surface area contributed by atoms with Crippen LogP contribution in [-0.4, -0.2) is 21.6 Å². The summed E-state index contributed by atoms with van der Waals surface area (Å²) in [6, 6.07) is 0. The molecule has 0 bridgehead atoms. The van der Waals surface area contributed by atoms with Gasteiger partial charge >= 0.3 is 0 Å². The van der Waals surface area contributed by atoms with E-state index in [1.165, 1.54) is 0 Å². The van der Waals surface area contributed by atoms with Crippen LogP contribution in [0.5, 0.6) is 0 Å². The zero-order valence-electron chi connectivity index (χ0n) is 7.84. The van der Waals surface area contributed by atoms with Gasteiger partial charge in [0, 0.05) is 0 Å². The van der Waals surface area contributed by atoms with Crippen molar-refractivity contribution in [3.8, 4) is 0 Å². The topological polar surface area (TPSA) is 52.8 Å². The summed E-state index contributed by atoms with van der Waals surface area (Å²) in [6.07, 6.45) is 0. The van der Waals surface area contributed by atoms with Crippen LogP contribution >= 0.6 is 0 Å². The third kappa shape index (κ3) is 1.93. The van der Waals surface area contributed by atoms with Gasteiger partial charge in [-0.15, -0.1) is 0 Å². The Labute approximate surface area is 67.7 Å². The number of aliphatic hydroxyl groups is 1. The molecular weight excluding hydrogens is 142 g/mol. The number of hydrogen-bond donors (Lipinski definition) is 2. The molecule has 3 heteroatoms. The van der Waals surface area contributed by atoms with Gasteiger partial charge in [0.05, 0.1) is 5.71 Å². The molecular formula is C8H17NO2. The fourth-order valence-corrected chi connectivity index (χ4v) is 0.640. The van der Waals surface area contributed by atoms with Crippen molar-refractivity contribution >= 4 is 5.71 Å². The maximum absolute atomic E-state index is 9.83. The monoisotopic (exact) mass is 159 g/mol. The van der Waals surface area contributed by atoms with Crippen LogP contribution in [0, 0.1) is 5.41 Å². The van der Waals surface area contributed by atoms with E-state index in [0.29, 0.717) is 5.71 Å². The van der Waals surface area contributed by atoms with Gasteiger partial charge in [0.2, 0.25) is 0 Å². The second-order valence-electron chi connectivity index (χ2n) is 4.01. The van der Waals surface area contributed by atoms with E-state index in [1.807, 2.05) is 20.8 Å². The summed E-state index contributed by atoms with van der Waals surface area (Å²) in [6.45, 7) is 8.92. The maximum Gasteiger partial charge on any atom is 0.108 e. The predicted molar refractivity (Wildman–Crippen MR) is 45.0 cm³/mol. The lowest BCUT2D eigenvalue weighted by molar-refractivity contribution is 0.0193. The van der Waals surface area contributed by atoms with Crippen LogP contribution in [-0.2, 0) is 0 Å². The van der Waals surface area contributed by atoms with Gasteiger partial charge in [0.1, 0.15) is 5.60 Å². The van der Waals surface area contributed by atoms with E-state index in [4.69, 9.17) is 5.21 Å².